The van der Waals surface area contributed by atoms with E-state index in [-0.39, 0.29) is 33.7 Å². The largest absolute Gasteiger partial charge is 0.573 e. The van der Waals surface area contributed by atoms with Gasteiger partial charge in [0.15, 0.2) is 0 Å². The number of ketones is 1. The van der Waals surface area contributed by atoms with Gasteiger partial charge in [-0.25, -0.2) is 0 Å². The first-order valence-corrected chi connectivity index (χ1v) is 11.6. The van der Waals surface area contributed by atoms with Crippen molar-refractivity contribution in [2.75, 3.05) is 12.0 Å². The summed E-state index contributed by atoms with van der Waals surface area (Å²) in [5.41, 5.74) is 0.931. The van der Waals surface area contributed by atoms with Crippen molar-refractivity contribution in [1.29, 1.82) is 0 Å². The van der Waals surface area contributed by atoms with Crippen LogP contribution in [0.4, 0.5) is 18.9 Å². The highest BCUT2D eigenvalue weighted by Crippen LogP contribution is 2.43. The summed E-state index contributed by atoms with van der Waals surface area (Å²) in [7, 11) is 1.42. The third kappa shape index (κ3) is 5.20. The molecule has 1 N–H and O–H groups in total. The maximum Gasteiger partial charge on any atom is 0.573 e. The zero-order valence-electron chi connectivity index (χ0n) is 21.0. The van der Waals surface area contributed by atoms with Crippen LogP contribution in [0.2, 0.25) is 0 Å². The second-order valence-corrected chi connectivity index (χ2v) is 9.63. The number of aliphatic hydroxyl groups excluding tert-OH is 1. The van der Waals surface area contributed by atoms with Crippen LogP contribution >= 0.6 is 0 Å². The molecular weight excluding hydrogens is 501 g/mol. The number of carbonyl (C=O) groups is 2. The summed E-state index contributed by atoms with van der Waals surface area (Å²) in [5.74, 6) is -2.61. The Labute approximate surface area is 217 Å². The van der Waals surface area contributed by atoms with Crippen LogP contribution in [-0.4, -0.2) is 35.3 Å². The molecule has 0 aliphatic carbocycles. The number of anilines is 1. The molecule has 2 heterocycles. The van der Waals surface area contributed by atoms with Crippen molar-refractivity contribution in [3.8, 4) is 11.5 Å². The van der Waals surface area contributed by atoms with Gasteiger partial charge in [0, 0.05) is 11.9 Å². The molecular formula is C28H25F3N2O5. The molecule has 1 saturated heterocycles. The molecule has 198 valence electrons. The maximum atomic E-state index is 13.4. The van der Waals surface area contributed by atoms with Crippen LogP contribution in [0, 0.1) is 0 Å². The third-order valence-electron chi connectivity index (χ3n) is 6.08. The van der Waals surface area contributed by atoms with Crippen molar-refractivity contribution >= 4 is 23.1 Å². The minimum Gasteiger partial charge on any atom is -0.507 e. The van der Waals surface area contributed by atoms with Gasteiger partial charge in [-0.15, -0.1) is 13.2 Å². The molecule has 7 nitrogen and oxygen atoms in total. The SMILES string of the molecule is COc1ccc(C(C)(C)C)cc1/C(O)=C1\C(=O)C(=O)N(c2ccc(OC(F)(F)F)cc2)C1c1ccccn1. The second kappa shape index (κ2) is 9.85. The summed E-state index contributed by atoms with van der Waals surface area (Å²) in [4.78, 5) is 32.1. The van der Waals surface area contributed by atoms with Crippen molar-refractivity contribution in [1.82, 2.24) is 4.98 Å². The van der Waals surface area contributed by atoms with Crippen LogP contribution in [0.3, 0.4) is 0 Å². The molecule has 0 radical (unpaired) electrons. The lowest BCUT2D eigenvalue weighted by Gasteiger charge is -2.25. The lowest BCUT2D eigenvalue weighted by molar-refractivity contribution is -0.274. The molecule has 1 unspecified atom stereocenters. The number of halogens is 3. The van der Waals surface area contributed by atoms with E-state index >= 15 is 0 Å². The van der Waals surface area contributed by atoms with Gasteiger partial charge in [-0.05, 0) is 59.5 Å². The molecule has 2 aromatic carbocycles. The number of hydrogen-bond donors (Lipinski definition) is 1. The average Bonchev–Trinajstić information content (AvgIpc) is 3.13. The van der Waals surface area contributed by atoms with E-state index in [4.69, 9.17) is 4.74 Å². The first kappa shape index (κ1) is 26.7. The van der Waals surface area contributed by atoms with Gasteiger partial charge in [0.2, 0.25) is 0 Å². The molecule has 3 aromatic rings. The first-order chi connectivity index (χ1) is 17.8. The molecule has 10 heteroatoms. The molecule has 1 aliphatic rings. The van der Waals surface area contributed by atoms with Crippen LogP contribution in [-0.2, 0) is 15.0 Å². The first-order valence-electron chi connectivity index (χ1n) is 11.6. The summed E-state index contributed by atoms with van der Waals surface area (Å²) >= 11 is 0. The number of ether oxygens (including phenoxy) is 2. The molecule has 0 bridgehead atoms. The number of pyridine rings is 1. The number of alkyl halides is 3. The minimum absolute atomic E-state index is 0.117. The van der Waals surface area contributed by atoms with E-state index in [2.05, 4.69) is 9.72 Å². The lowest BCUT2D eigenvalue weighted by Crippen LogP contribution is -2.29. The van der Waals surface area contributed by atoms with Crippen LogP contribution in [0.25, 0.3) is 5.76 Å². The fourth-order valence-corrected chi connectivity index (χ4v) is 4.23. The number of carbonyl (C=O) groups excluding carboxylic acids is 2. The van der Waals surface area contributed by atoms with E-state index in [1.165, 1.54) is 25.4 Å². The summed E-state index contributed by atoms with van der Waals surface area (Å²) in [6.07, 6.45) is -3.42. The van der Waals surface area contributed by atoms with Crippen LogP contribution in [0.15, 0.2) is 72.4 Å². The number of hydrogen-bond acceptors (Lipinski definition) is 6. The van der Waals surface area contributed by atoms with Crippen LogP contribution in [0.1, 0.15) is 43.6 Å². The highest BCUT2D eigenvalue weighted by molar-refractivity contribution is 6.51. The van der Waals surface area contributed by atoms with Crippen molar-refractivity contribution < 1.29 is 37.3 Å². The Hall–Kier alpha value is -4.34. The number of Topliss-reactive ketones (excluding diaryl/α,β-unsaturated/α-hetero) is 1. The predicted molar refractivity (Wildman–Crippen MR) is 134 cm³/mol. The number of benzene rings is 2. The molecule has 0 saturated carbocycles. The van der Waals surface area contributed by atoms with E-state index in [1.54, 1.807) is 30.3 Å². The third-order valence-corrected chi connectivity index (χ3v) is 6.08. The number of aliphatic hydroxyl groups is 1. The smallest absolute Gasteiger partial charge is 0.507 e. The van der Waals surface area contributed by atoms with E-state index in [9.17, 15) is 27.9 Å². The van der Waals surface area contributed by atoms with Gasteiger partial charge in [0.25, 0.3) is 11.7 Å². The summed E-state index contributed by atoms with van der Waals surface area (Å²) in [5, 5.41) is 11.5. The van der Waals surface area contributed by atoms with E-state index in [0.29, 0.717) is 0 Å². The summed E-state index contributed by atoms with van der Waals surface area (Å²) in [6.45, 7) is 5.95. The second-order valence-electron chi connectivity index (χ2n) is 9.63. The van der Waals surface area contributed by atoms with E-state index < -0.39 is 35.6 Å². The van der Waals surface area contributed by atoms with Gasteiger partial charge in [-0.3, -0.25) is 19.5 Å². The fraction of sp³-hybridized carbons (Fsp3) is 0.250. The Kier molecular flexibility index (Phi) is 6.92. The van der Waals surface area contributed by atoms with Crippen molar-refractivity contribution in [2.45, 2.75) is 38.6 Å². The van der Waals surface area contributed by atoms with E-state index in [1.807, 2.05) is 26.8 Å². The quantitative estimate of drug-likeness (QED) is 0.253. The highest BCUT2D eigenvalue weighted by Gasteiger charge is 2.48. The zero-order chi connectivity index (χ0) is 27.8. The average molecular weight is 527 g/mol. The number of amides is 1. The number of methoxy groups -OCH3 is 1. The van der Waals surface area contributed by atoms with Gasteiger partial charge in [-0.1, -0.05) is 32.9 Å². The molecule has 0 spiro atoms. The van der Waals surface area contributed by atoms with Gasteiger partial charge >= 0.3 is 6.36 Å². The highest BCUT2D eigenvalue weighted by atomic mass is 19.4. The Morgan fingerprint density at radius 3 is 2.24 bits per heavy atom. The zero-order valence-corrected chi connectivity index (χ0v) is 21.0. The normalized spacial score (nSPS) is 17.6. The standard InChI is InChI=1S/C28H25F3N2O5/c1-27(2,3)16-8-13-21(37-4)19(15-16)24(34)22-23(20-7-5-6-14-32-20)33(26(36)25(22)35)17-9-11-18(12-10-17)38-28(29,30)31/h5-15,23,34H,1-4H3/b24-22+. The Morgan fingerprint density at radius 2 is 1.68 bits per heavy atom. The monoisotopic (exact) mass is 526 g/mol. The minimum atomic E-state index is -4.89. The molecule has 1 aliphatic heterocycles. The molecule has 4 rings (SSSR count). The molecule has 1 atom stereocenters. The van der Waals surface area contributed by atoms with Gasteiger partial charge < -0.3 is 14.6 Å². The summed E-state index contributed by atoms with van der Waals surface area (Å²) < 4.78 is 47.2. The predicted octanol–water partition coefficient (Wildman–Crippen LogP) is 5.91. The van der Waals surface area contributed by atoms with Gasteiger partial charge in [0.05, 0.1) is 23.9 Å². The number of nitrogens with zero attached hydrogens (tertiary/aromatic N) is 2. The Morgan fingerprint density at radius 1 is 1.00 bits per heavy atom. The summed E-state index contributed by atoms with van der Waals surface area (Å²) in [6, 6.07) is 13.5. The number of aromatic nitrogens is 1. The number of rotatable bonds is 5. The Bertz CT molecular complexity index is 1390. The molecule has 1 fully saturated rings. The van der Waals surface area contributed by atoms with Gasteiger partial charge in [0.1, 0.15) is 23.3 Å². The van der Waals surface area contributed by atoms with Crippen molar-refractivity contribution in [2.24, 2.45) is 0 Å². The van der Waals surface area contributed by atoms with Crippen LogP contribution in [0.5, 0.6) is 11.5 Å². The van der Waals surface area contributed by atoms with Crippen molar-refractivity contribution in [3.05, 3.63) is 89.3 Å². The Balaban J connectivity index is 1.90. The molecule has 38 heavy (non-hydrogen) atoms. The van der Waals surface area contributed by atoms with Gasteiger partial charge in [-0.2, -0.15) is 0 Å². The maximum absolute atomic E-state index is 13.4. The lowest BCUT2D eigenvalue weighted by atomic mass is 9.85. The van der Waals surface area contributed by atoms with Crippen LogP contribution < -0.4 is 14.4 Å². The van der Waals surface area contributed by atoms with E-state index in [0.717, 1.165) is 22.6 Å². The molecule has 1 amide bonds. The van der Waals surface area contributed by atoms with Crippen molar-refractivity contribution in [3.63, 3.8) is 0 Å². The molecule has 1 aromatic heterocycles. The topological polar surface area (TPSA) is 89.0 Å². The fourth-order valence-electron chi connectivity index (χ4n) is 4.23.